The number of halogens is 1. The summed E-state index contributed by atoms with van der Waals surface area (Å²) in [7, 11) is 3.87. The quantitative estimate of drug-likeness (QED) is 0.530. The maximum atomic E-state index is 13.8. The van der Waals surface area contributed by atoms with Crippen molar-refractivity contribution in [3.05, 3.63) is 48.3 Å². The highest BCUT2D eigenvalue weighted by Crippen LogP contribution is 2.31. The number of para-hydroxylation sites is 1. The number of thiazole rings is 1. The average Bonchev–Trinajstić information content (AvgIpc) is 3.10. The summed E-state index contributed by atoms with van der Waals surface area (Å²) >= 11 is 1.42. The molecule has 0 saturated carbocycles. The van der Waals surface area contributed by atoms with Crippen LogP contribution in [0.2, 0.25) is 0 Å². The smallest absolute Gasteiger partial charge is 0.266 e. The normalized spacial score (nSPS) is 11.1. The van der Waals surface area contributed by atoms with Crippen LogP contribution in [-0.2, 0) is 4.79 Å². The number of hydrogen-bond acceptors (Lipinski definition) is 6. The second-order valence-corrected chi connectivity index (χ2v) is 7.64. The molecule has 154 valence electrons. The van der Waals surface area contributed by atoms with Gasteiger partial charge in [-0.15, -0.1) is 0 Å². The third-order valence-electron chi connectivity index (χ3n) is 4.15. The number of rotatable bonds is 9. The van der Waals surface area contributed by atoms with Gasteiger partial charge in [-0.2, -0.15) is 0 Å². The number of likely N-dealkylation sites (N-methyl/N-ethyl adjacent to an activating group) is 1. The van der Waals surface area contributed by atoms with Crippen molar-refractivity contribution >= 4 is 32.6 Å². The van der Waals surface area contributed by atoms with Crippen LogP contribution in [0.4, 0.5) is 9.52 Å². The van der Waals surface area contributed by atoms with Crippen molar-refractivity contribution in [2.24, 2.45) is 0 Å². The van der Waals surface area contributed by atoms with Crippen LogP contribution >= 0.6 is 11.3 Å². The molecule has 0 saturated heterocycles. The largest absolute Gasteiger partial charge is 0.494 e. The molecule has 29 heavy (non-hydrogen) atoms. The molecule has 3 rings (SSSR count). The van der Waals surface area contributed by atoms with Crippen molar-refractivity contribution < 1.29 is 18.7 Å². The average molecular weight is 418 g/mol. The molecule has 1 aromatic heterocycles. The molecular formula is C21H24FN3O3S. The lowest BCUT2D eigenvalue weighted by Crippen LogP contribution is -2.39. The highest BCUT2D eigenvalue weighted by atomic mass is 32.1. The minimum atomic E-state index is -0.497. The first kappa shape index (κ1) is 21.0. The van der Waals surface area contributed by atoms with Crippen LogP contribution in [0.1, 0.15) is 6.92 Å². The zero-order valence-corrected chi connectivity index (χ0v) is 17.5. The lowest BCUT2D eigenvalue weighted by atomic mass is 10.3. The lowest BCUT2D eigenvalue weighted by Gasteiger charge is -2.22. The molecular weight excluding hydrogens is 393 g/mol. The summed E-state index contributed by atoms with van der Waals surface area (Å²) in [6, 6.07) is 11.7. The molecule has 6 nitrogen and oxygen atoms in total. The SMILES string of the molecule is CCOc1ccc2nc(N(CCN(C)C)C(=O)COc3ccccc3F)sc2c1. The van der Waals surface area contributed by atoms with Crippen molar-refractivity contribution in [3.8, 4) is 11.5 Å². The number of hydrogen-bond donors (Lipinski definition) is 0. The van der Waals surface area contributed by atoms with E-state index >= 15 is 0 Å². The number of fused-ring (bicyclic) bond motifs is 1. The summed E-state index contributed by atoms with van der Waals surface area (Å²) in [6.07, 6.45) is 0. The van der Waals surface area contributed by atoms with E-state index in [1.165, 1.54) is 23.5 Å². The molecule has 0 aliphatic heterocycles. The van der Waals surface area contributed by atoms with E-state index < -0.39 is 5.82 Å². The molecule has 1 amide bonds. The highest BCUT2D eigenvalue weighted by Gasteiger charge is 2.21. The van der Waals surface area contributed by atoms with Gasteiger partial charge in [0, 0.05) is 13.1 Å². The first-order valence-electron chi connectivity index (χ1n) is 9.33. The third kappa shape index (κ3) is 5.42. The summed E-state index contributed by atoms with van der Waals surface area (Å²) in [4.78, 5) is 21.1. The third-order valence-corrected chi connectivity index (χ3v) is 5.19. The Hall–Kier alpha value is -2.71. The van der Waals surface area contributed by atoms with Gasteiger partial charge >= 0.3 is 0 Å². The summed E-state index contributed by atoms with van der Waals surface area (Å²) in [6.45, 7) is 3.35. The molecule has 0 aliphatic carbocycles. The minimum Gasteiger partial charge on any atom is -0.494 e. The van der Waals surface area contributed by atoms with Gasteiger partial charge in [-0.3, -0.25) is 9.69 Å². The molecule has 0 aliphatic rings. The van der Waals surface area contributed by atoms with Crippen LogP contribution in [-0.4, -0.2) is 56.2 Å². The summed E-state index contributed by atoms with van der Waals surface area (Å²) in [5.74, 6) is 0.0473. The van der Waals surface area contributed by atoms with Crippen LogP contribution < -0.4 is 14.4 Å². The first-order chi connectivity index (χ1) is 14.0. The van der Waals surface area contributed by atoms with Crippen LogP contribution in [0, 0.1) is 5.82 Å². The molecule has 0 atom stereocenters. The monoisotopic (exact) mass is 417 g/mol. The van der Waals surface area contributed by atoms with Gasteiger partial charge in [0.05, 0.1) is 16.8 Å². The van der Waals surface area contributed by atoms with Gasteiger partial charge in [-0.25, -0.2) is 9.37 Å². The Labute approximate surface area is 173 Å². The van der Waals surface area contributed by atoms with Crippen molar-refractivity contribution in [2.45, 2.75) is 6.92 Å². The summed E-state index contributed by atoms with van der Waals surface area (Å²) in [5.41, 5.74) is 0.797. The van der Waals surface area contributed by atoms with E-state index in [1.54, 1.807) is 17.0 Å². The van der Waals surface area contributed by atoms with Crippen LogP contribution in [0.25, 0.3) is 10.2 Å². The van der Waals surface area contributed by atoms with Gasteiger partial charge in [0.1, 0.15) is 5.75 Å². The van der Waals surface area contributed by atoms with Gasteiger partial charge in [-0.05, 0) is 51.4 Å². The number of ether oxygens (including phenoxy) is 2. The molecule has 0 fully saturated rings. The minimum absolute atomic E-state index is 0.0547. The van der Waals surface area contributed by atoms with Gasteiger partial charge in [0.15, 0.2) is 23.3 Å². The van der Waals surface area contributed by atoms with E-state index in [0.29, 0.717) is 24.8 Å². The summed E-state index contributed by atoms with van der Waals surface area (Å²) < 4.78 is 25.7. The van der Waals surface area contributed by atoms with E-state index in [1.807, 2.05) is 44.1 Å². The van der Waals surface area contributed by atoms with E-state index in [0.717, 1.165) is 16.0 Å². The Kier molecular flexibility index (Phi) is 7.00. The van der Waals surface area contributed by atoms with Gasteiger partial charge in [0.25, 0.3) is 5.91 Å². The lowest BCUT2D eigenvalue weighted by molar-refractivity contribution is -0.120. The molecule has 2 aromatic carbocycles. The number of nitrogens with zero attached hydrogens (tertiary/aromatic N) is 3. The molecule has 8 heteroatoms. The Morgan fingerprint density at radius 2 is 1.93 bits per heavy atom. The molecule has 0 unspecified atom stereocenters. The van der Waals surface area contributed by atoms with Crippen molar-refractivity contribution in [1.29, 1.82) is 0 Å². The van der Waals surface area contributed by atoms with Gasteiger partial charge in [0.2, 0.25) is 0 Å². The van der Waals surface area contributed by atoms with Gasteiger partial charge in [-0.1, -0.05) is 23.5 Å². The summed E-state index contributed by atoms with van der Waals surface area (Å²) in [5, 5.41) is 0.581. The van der Waals surface area contributed by atoms with Crippen LogP contribution in [0.5, 0.6) is 11.5 Å². The van der Waals surface area contributed by atoms with Crippen LogP contribution in [0.3, 0.4) is 0 Å². The van der Waals surface area contributed by atoms with Crippen molar-refractivity contribution in [3.63, 3.8) is 0 Å². The van der Waals surface area contributed by atoms with E-state index in [4.69, 9.17) is 9.47 Å². The maximum absolute atomic E-state index is 13.8. The standard InChI is InChI=1S/C21H24FN3O3S/c1-4-27-15-9-10-17-19(13-15)29-21(23-17)25(12-11-24(2)3)20(26)14-28-18-8-6-5-7-16(18)22/h5-10,13H,4,11-12,14H2,1-3H3. The molecule has 0 radical (unpaired) electrons. The number of carbonyl (C=O) groups is 1. The van der Waals surface area contributed by atoms with Gasteiger partial charge < -0.3 is 14.4 Å². The zero-order valence-electron chi connectivity index (χ0n) is 16.7. The first-order valence-corrected chi connectivity index (χ1v) is 10.2. The fraction of sp³-hybridized carbons (Fsp3) is 0.333. The fourth-order valence-electron chi connectivity index (χ4n) is 2.67. The molecule has 0 bridgehead atoms. The Morgan fingerprint density at radius 3 is 2.66 bits per heavy atom. The van der Waals surface area contributed by atoms with Crippen molar-refractivity contribution in [2.75, 3.05) is 45.3 Å². The zero-order chi connectivity index (χ0) is 20.8. The molecule has 0 spiro atoms. The topological polar surface area (TPSA) is 54.9 Å². The Balaban J connectivity index is 1.81. The second-order valence-electron chi connectivity index (χ2n) is 6.63. The van der Waals surface area contributed by atoms with E-state index in [9.17, 15) is 9.18 Å². The molecule has 1 heterocycles. The second kappa shape index (κ2) is 9.67. The Morgan fingerprint density at radius 1 is 1.14 bits per heavy atom. The number of carbonyl (C=O) groups excluding carboxylic acids is 1. The number of aromatic nitrogens is 1. The molecule has 0 N–H and O–H groups in total. The van der Waals surface area contributed by atoms with E-state index in [2.05, 4.69) is 4.98 Å². The fourth-order valence-corrected chi connectivity index (χ4v) is 3.71. The van der Waals surface area contributed by atoms with E-state index in [-0.39, 0.29) is 18.3 Å². The highest BCUT2D eigenvalue weighted by molar-refractivity contribution is 7.22. The van der Waals surface area contributed by atoms with Crippen LogP contribution in [0.15, 0.2) is 42.5 Å². The number of anilines is 1. The predicted molar refractivity (Wildman–Crippen MR) is 114 cm³/mol. The molecule has 3 aromatic rings. The Bertz CT molecular complexity index is 977. The number of amides is 1. The van der Waals surface area contributed by atoms with Crippen molar-refractivity contribution in [1.82, 2.24) is 9.88 Å². The number of benzene rings is 2. The predicted octanol–water partition coefficient (Wildman–Crippen LogP) is 3.81. The maximum Gasteiger partial charge on any atom is 0.266 e.